The maximum absolute atomic E-state index is 6.48. The van der Waals surface area contributed by atoms with Crippen molar-refractivity contribution in [3.63, 3.8) is 0 Å². The summed E-state index contributed by atoms with van der Waals surface area (Å²) in [6, 6.07) is 47.1. The van der Waals surface area contributed by atoms with Crippen molar-refractivity contribution in [3.8, 4) is 33.8 Å². The molecule has 0 aliphatic rings. The molecule has 3 aromatic heterocycles. The standard InChI is InChI=1S/C40H22N2OS/c1-2-10-23(11-3-1)37-39-38(30-16-6-7-19-34(30)44-39)42-40(41-37)25-13-8-12-24(20-25)26-21-31-28-15-5-4-14-27(28)29-17-9-18-32-35(29)36(31)33(22-26)43-32/h1-22H. The molecule has 0 bridgehead atoms. The van der Waals surface area contributed by atoms with Gasteiger partial charge in [-0.2, -0.15) is 0 Å². The summed E-state index contributed by atoms with van der Waals surface area (Å²) in [7, 11) is 0. The highest BCUT2D eigenvalue weighted by Gasteiger charge is 2.20. The second-order valence-electron chi connectivity index (χ2n) is 11.3. The molecule has 0 fully saturated rings. The predicted octanol–water partition coefficient (Wildman–Crippen LogP) is 11.5. The summed E-state index contributed by atoms with van der Waals surface area (Å²) in [5.74, 6) is 0.725. The van der Waals surface area contributed by atoms with Gasteiger partial charge in [-0.3, -0.25) is 0 Å². The number of fused-ring (bicyclic) bond motifs is 6. The molecule has 3 heterocycles. The average molecular weight is 579 g/mol. The molecule has 0 unspecified atom stereocenters. The Morgan fingerprint density at radius 3 is 2.02 bits per heavy atom. The van der Waals surface area contributed by atoms with Crippen LogP contribution in [0.1, 0.15) is 0 Å². The summed E-state index contributed by atoms with van der Waals surface area (Å²) in [4.78, 5) is 10.4. The summed E-state index contributed by atoms with van der Waals surface area (Å²) in [5, 5.41) is 8.50. The van der Waals surface area contributed by atoms with Gasteiger partial charge in [-0.1, -0.05) is 103 Å². The topological polar surface area (TPSA) is 38.9 Å². The highest BCUT2D eigenvalue weighted by Crippen LogP contribution is 2.45. The first-order chi connectivity index (χ1) is 21.8. The van der Waals surface area contributed by atoms with Crippen LogP contribution < -0.4 is 0 Å². The number of furan rings is 1. The Balaban J connectivity index is 1.21. The molecule has 10 aromatic rings. The van der Waals surface area contributed by atoms with Gasteiger partial charge in [0.2, 0.25) is 0 Å². The third-order valence-electron chi connectivity index (χ3n) is 8.83. The smallest absolute Gasteiger partial charge is 0.160 e. The molecule has 4 heteroatoms. The number of hydrogen-bond donors (Lipinski definition) is 0. The highest BCUT2D eigenvalue weighted by molar-refractivity contribution is 7.26. The fourth-order valence-corrected chi connectivity index (χ4v) is 8.01. The molecular formula is C40H22N2OS. The number of benzene rings is 7. The average Bonchev–Trinajstić information content (AvgIpc) is 3.66. The molecule has 7 aromatic carbocycles. The van der Waals surface area contributed by atoms with Crippen molar-refractivity contribution in [1.82, 2.24) is 9.97 Å². The van der Waals surface area contributed by atoms with Gasteiger partial charge in [0, 0.05) is 32.0 Å². The van der Waals surface area contributed by atoms with Crippen molar-refractivity contribution in [1.29, 1.82) is 0 Å². The van der Waals surface area contributed by atoms with Gasteiger partial charge in [-0.25, -0.2) is 9.97 Å². The van der Waals surface area contributed by atoms with E-state index in [1.165, 1.54) is 37.0 Å². The van der Waals surface area contributed by atoms with E-state index in [0.29, 0.717) is 0 Å². The summed E-state index contributed by atoms with van der Waals surface area (Å²) in [6.45, 7) is 0. The van der Waals surface area contributed by atoms with Crippen LogP contribution in [0.5, 0.6) is 0 Å². The van der Waals surface area contributed by atoms with Crippen LogP contribution in [0.2, 0.25) is 0 Å². The van der Waals surface area contributed by atoms with Crippen molar-refractivity contribution in [2.24, 2.45) is 0 Å². The summed E-state index contributed by atoms with van der Waals surface area (Å²) < 4.78 is 8.82. The lowest BCUT2D eigenvalue weighted by atomic mass is 9.92. The normalized spacial score (nSPS) is 12.1. The van der Waals surface area contributed by atoms with E-state index in [4.69, 9.17) is 14.4 Å². The summed E-state index contributed by atoms with van der Waals surface area (Å²) in [5.41, 5.74) is 8.10. The lowest BCUT2D eigenvalue weighted by Gasteiger charge is -2.11. The Morgan fingerprint density at radius 2 is 1.14 bits per heavy atom. The van der Waals surface area contributed by atoms with Gasteiger partial charge >= 0.3 is 0 Å². The van der Waals surface area contributed by atoms with E-state index >= 15 is 0 Å². The first-order valence-corrected chi connectivity index (χ1v) is 15.6. The number of nitrogens with zero attached hydrogens (tertiary/aromatic N) is 2. The molecule has 0 saturated heterocycles. The van der Waals surface area contributed by atoms with Crippen LogP contribution in [0.15, 0.2) is 138 Å². The Kier molecular flexibility index (Phi) is 4.87. The van der Waals surface area contributed by atoms with Gasteiger partial charge in [0.1, 0.15) is 11.2 Å². The molecule has 44 heavy (non-hydrogen) atoms. The van der Waals surface area contributed by atoms with Gasteiger partial charge in [0.25, 0.3) is 0 Å². The van der Waals surface area contributed by atoms with E-state index in [9.17, 15) is 0 Å². The fraction of sp³-hybridized carbons (Fsp3) is 0. The maximum Gasteiger partial charge on any atom is 0.160 e. The molecular weight excluding hydrogens is 557 g/mol. The van der Waals surface area contributed by atoms with Crippen LogP contribution in [-0.4, -0.2) is 9.97 Å². The Morgan fingerprint density at radius 1 is 0.455 bits per heavy atom. The molecule has 0 radical (unpaired) electrons. The predicted molar refractivity (Wildman–Crippen MR) is 185 cm³/mol. The molecule has 0 N–H and O–H groups in total. The van der Waals surface area contributed by atoms with Crippen LogP contribution in [0.4, 0.5) is 0 Å². The Labute approximate surface area is 256 Å². The lowest BCUT2D eigenvalue weighted by Crippen LogP contribution is -1.94. The molecule has 3 nitrogen and oxygen atoms in total. The highest BCUT2D eigenvalue weighted by atomic mass is 32.1. The van der Waals surface area contributed by atoms with Gasteiger partial charge < -0.3 is 4.42 Å². The molecule has 0 saturated carbocycles. The number of hydrogen-bond acceptors (Lipinski definition) is 4. The lowest BCUT2D eigenvalue weighted by molar-refractivity contribution is 0.669. The SMILES string of the molecule is c1ccc(-c2nc(-c3cccc(-c4cc5oc6cccc7c8ccccc8c(c4)c5c67)c3)nc3c2sc2ccccc23)cc1. The number of thiophene rings is 1. The van der Waals surface area contributed by atoms with E-state index < -0.39 is 0 Å². The van der Waals surface area contributed by atoms with Crippen molar-refractivity contribution in [3.05, 3.63) is 133 Å². The Hall–Kier alpha value is -5.58. The zero-order valence-electron chi connectivity index (χ0n) is 23.4. The molecule has 204 valence electrons. The quantitative estimate of drug-likeness (QED) is 0.196. The zero-order valence-corrected chi connectivity index (χ0v) is 24.2. The minimum absolute atomic E-state index is 0.725. The molecule has 0 spiro atoms. The first kappa shape index (κ1) is 23.9. The van der Waals surface area contributed by atoms with E-state index in [1.807, 2.05) is 6.07 Å². The van der Waals surface area contributed by atoms with Gasteiger partial charge in [-0.05, 0) is 63.0 Å². The number of aromatic nitrogens is 2. The van der Waals surface area contributed by atoms with Crippen molar-refractivity contribution in [2.45, 2.75) is 0 Å². The van der Waals surface area contributed by atoms with E-state index in [1.54, 1.807) is 11.3 Å². The number of rotatable bonds is 3. The fourth-order valence-electron chi connectivity index (χ4n) is 6.85. The zero-order chi connectivity index (χ0) is 28.8. The first-order valence-electron chi connectivity index (χ1n) is 14.7. The minimum atomic E-state index is 0.725. The van der Waals surface area contributed by atoms with Crippen LogP contribution in [0.3, 0.4) is 0 Å². The van der Waals surface area contributed by atoms with Crippen LogP contribution in [-0.2, 0) is 0 Å². The summed E-state index contributed by atoms with van der Waals surface area (Å²) >= 11 is 1.76. The van der Waals surface area contributed by atoms with Gasteiger partial charge in [0.15, 0.2) is 5.82 Å². The third kappa shape index (κ3) is 3.37. The second-order valence-corrected chi connectivity index (χ2v) is 12.4. The Bertz CT molecular complexity index is 2720. The molecule has 0 aliphatic carbocycles. The van der Waals surface area contributed by atoms with E-state index in [0.717, 1.165) is 60.5 Å². The minimum Gasteiger partial charge on any atom is -0.456 e. The molecule has 0 aliphatic heterocycles. The van der Waals surface area contributed by atoms with Gasteiger partial charge in [-0.15, -0.1) is 11.3 Å². The monoisotopic (exact) mass is 578 g/mol. The van der Waals surface area contributed by atoms with Crippen LogP contribution >= 0.6 is 11.3 Å². The van der Waals surface area contributed by atoms with Crippen molar-refractivity contribution < 1.29 is 4.42 Å². The van der Waals surface area contributed by atoms with Crippen LogP contribution in [0, 0.1) is 0 Å². The second kappa shape index (κ2) is 8.96. The molecule has 0 atom stereocenters. The third-order valence-corrected chi connectivity index (χ3v) is 9.99. The van der Waals surface area contributed by atoms with Crippen LogP contribution in [0.25, 0.3) is 97.6 Å². The van der Waals surface area contributed by atoms with E-state index in [-0.39, 0.29) is 0 Å². The van der Waals surface area contributed by atoms with Crippen molar-refractivity contribution in [2.75, 3.05) is 0 Å². The maximum atomic E-state index is 6.48. The summed E-state index contributed by atoms with van der Waals surface area (Å²) in [6.07, 6.45) is 0. The van der Waals surface area contributed by atoms with E-state index in [2.05, 4.69) is 127 Å². The molecule has 0 amide bonds. The molecule has 10 rings (SSSR count). The largest absolute Gasteiger partial charge is 0.456 e. The van der Waals surface area contributed by atoms with Gasteiger partial charge in [0.05, 0.1) is 15.9 Å². The van der Waals surface area contributed by atoms with Crippen molar-refractivity contribution >= 4 is 75.1 Å².